The normalized spacial score (nSPS) is 10.4. The number of hydrogen-bond acceptors (Lipinski definition) is 8. The van der Waals surface area contributed by atoms with Crippen LogP contribution in [0.2, 0.25) is 5.15 Å². The van der Waals surface area contributed by atoms with Gasteiger partial charge in [0.05, 0.1) is 13.7 Å². The van der Waals surface area contributed by atoms with Gasteiger partial charge in [-0.05, 0) is 6.92 Å². The summed E-state index contributed by atoms with van der Waals surface area (Å²) >= 11 is 6.91. The van der Waals surface area contributed by atoms with Crippen LogP contribution >= 0.6 is 22.9 Å². The summed E-state index contributed by atoms with van der Waals surface area (Å²) in [5.74, 6) is 0.469. The van der Waals surface area contributed by atoms with Crippen molar-refractivity contribution in [2.75, 3.05) is 12.4 Å². The van der Waals surface area contributed by atoms with Crippen molar-refractivity contribution in [3.8, 4) is 0 Å². The largest absolute Gasteiger partial charge is 0.465 e. The number of esters is 1. The molecule has 0 fully saturated rings. The number of anilines is 1. The molecule has 9 heteroatoms. The third-order valence-corrected chi connectivity index (χ3v) is 3.30. The van der Waals surface area contributed by atoms with E-state index in [0.717, 1.165) is 11.3 Å². The molecular formula is C9H9ClN4O3S. The predicted octanol–water partition coefficient (Wildman–Crippen LogP) is 1.89. The molecule has 0 aliphatic heterocycles. The second-order valence-electron chi connectivity index (χ2n) is 3.22. The highest BCUT2D eigenvalue weighted by molar-refractivity contribution is 7.18. The highest BCUT2D eigenvalue weighted by Crippen LogP contribution is 2.27. The number of hydrogen-bond donors (Lipinski definition) is 1. The molecule has 0 aliphatic carbocycles. The van der Waals surface area contributed by atoms with Gasteiger partial charge in [0.1, 0.15) is 0 Å². The topological polar surface area (TPSA) is 90.1 Å². The predicted molar refractivity (Wildman–Crippen MR) is 64.8 cm³/mol. The molecule has 0 radical (unpaired) electrons. The van der Waals surface area contributed by atoms with E-state index in [4.69, 9.17) is 16.1 Å². The molecule has 0 saturated carbocycles. The summed E-state index contributed by atoms with van der Waals surface area (Å²) in [6, 6.07) is 0. The lowest BCUT2D eigenvalue weighted by atomic mass is 10.6. The van der Waals surface area contributed by atoms with Crippen molar-refractivity contribution in [3.63, 3.8) is 0 Å². The zero-order valence-electron chi connectivity index (χ0n) is 9.56. The molecule has 7 nitrogen and oxygen atoms in total. The fourth-order valence-corrected chi connectivity index (χ4v) is 2.26. The first-order chi connectivity index (χ1) is 8.60. The first kappa shape index (κ1) is 12.8. The Labute approximate surface area is 111 Å². The van der Waals surface area contributed by atoms with Gasteiger partial charge in [-0.3, -0.25) is 0 Å². The third-order valence-electron chi connectivity index (χ3n) is 1.92. The fraction of sp³-hybridized carbons (Fsp3) is 0.333. The van der Waals surface area contributed by atoms with E-state index in [0.29, 0.717) is 23.4 Å². The number of nitrogens with zero attached hydrogens (tertiary/aromatic N) is 3. The summed E-state index contributed by atoms with van der Waals surface area (Å²) in [6.45, 7) is 2.04. The summed E-state index contributed by atoms with van der Waals surface area (Å²) in [7, 11) is 1.28. The van der Waals surface area contributed by atoms with Crippen LogP contribution in [-0.2, 0) is 11.3 Å². The number of ether oxygens (including phenoxy) is 1. The van der Waals surface area contributed by atoms with Crippen LogP contribution < -0.4 is 5.32 Å². The second-order valence-corrected chi connectivity index (χ2v) is 4.58. The minimum atomic E-state index is -0.515. The van der Waals surface area contributed by atoms with E-state index >= 15 is 0 Å². The third kappa shape index (κ3) is 2.77. The number of aryl methyl sites for hydroxylation is 1. The number of rotatable bonds is 4. The molecule has 0 saturated heterocycles. The molecule has 18 heavy (non-hydrogen) atoms. The standard InChI is InChI=1S/C9H9ClN4O3S/c1-4-12-5(17-14-4)3-11-9-13-7(10)6(18-9)8(15)16-2/h3H2,1-2H3,(H,11,13). The molecule has 2 aromatic heterocycles. The van der Waals surface area contributed by atoms with Crippen LogP contribution in [0.5, 0.6) is 0 Å². The smallest absolute Gasteiger partial charge is 0.351 e. The average molecular weight is 289 g/mol. The van der Waals surface area contributed by atoms with E-state index in [2.05, 4.69) is 25.2 Å². The quantitative estimate of drug-likeness (QED) is 0.859. The number of carbonyl (C=O) groups is 1. The Bertz CT molecular complexity index is 568. The molecule has 0 bridgehead atoms. The van der Waals surface area contributed by atoms with Gasteiger partial charge in [0.25, 0.3) is 0 Å². The van der Waals surface area contributed by atoms with Crippen molar-refractivity contribution in [1.82, 2.24) is 15.1 Å². The average Bonchev–Trinajstić information content (AvgIpc) is 2.92. The van der Waals surface area contributed by atoms with E-state index in [1.807, 2.05) is 0 Å². The Kier molecular flexibility index (Phi) is 3.78. The van der Waals surface area contributed by atoms with E-state index in [1.165, 1.54) is 7.11 Å². The summed E-state index contributed by atoms with van der Waals surface area (Å²) in [5.41, 5.74) is 0. The van der Waals surface area contributed by atoms with Crippen LogP contribution in [0.4, 0.5) is 5.13 Å². The molecule has 2 rings (SSSR count). The summed E-state index contributed by atoms with van der Waals surface area (Å²) in [6.07, 6.45) is 0. The lowest BCUT2D eigenvalue weighted by molar-refractivity contribution is 0.0606. The second kappa shape index (κ2) is 5.32. The molecule has 0 amide bonds. The molecular weight excluding hydrogens is 280 g/mol. The van der Waals surface area contributed by atoms with Gasteiger partial charge in [-0.1, -0.05) is 28.1 Å². The van der Waals surface area contributed by atoms with Gasteiger partial charge in [0.15, 0.2) is 21.0 Å². The minimum Gasteiger partial charge on any atom is -0.465 e. The molecule has 0 unspecified atom stereocenters. The summed E-state index contributed by atoms with van der Waals surface area (Å²) in [5, 5.41) is 7.17. The van der Waals surface area contributed by atoms with Gasteiger partial charge in [-0.25, -0.2) is 9.78 Å². The number of carbonyl (C=O) groups excluding carboxylic acids is 1. The zero-order chi connectivity index (χ0) is 13.1. The first-order valence-electron chi connectivity index (χ1n) is 4.88. The van der Waals surface area contributed by atoms with Crippen molar-refractivity contribution >= 4 is 34.0 Å². The van der Waals surface area contributed by atoms with Gasteiger partial charge >= 0.3 is 5.97 Å². The minimum absolute atomic E-state index is 0.107. The number of halogens is 1. The van der Waals surface area contributed by atoms with Crippen molar-refractivity contribution in [3.05, 3.63) is 21.7 Å². The SMILES string of the molecule is COC(=O)c1sc(NCc2nc(C)no2)nc1Cl. The van der Waals surface area contributed by atoms with Crippen LogP contribution in [0, 0.1) is 6.92 Å². The van der Waals surface area contributed by atoms with E-state index in [-0.39, 0.29) is 10.0 Å². The highest BCUT2D eigenvalue weighted by atomic mass is 35.5. The Morgan fingerprint density at radius 3 is 2.94 bits per heavy atom. The maximum Gasteiger partial charge on any atom is 0.351 e. The van der Waals surface area contributed by atoms with Crippen molar-refractivity contribution in [2.45, 2.75) is 13.5 Å². The Hall–Kier alpha value is -1.67. The molecule has 0 atom stereocenters. The number of nitrogens with one attached hydrogen (secondary N) is 1. The maximum absolute atomic E-state index is 11.3. The van der Waals surface area contributed by atoms with Crippen molar-refractivity contribution in [1.29, 1.82) is 0 Å². The zero-order valence-corrected chi connectivity index (χ0v) is 11.1. The Morgan fingerprint density at radius 1 is 1.56 bits per heavy atom. The van der Waals surface area contributed by atoms with E-state index in [9.17, 15) is 4.79 Å². The van der Waals surface area contributed by atoms with Gasteiger partial charge < -0.3 is 14.6 Å². The van der Waals surface area contributed by atoms with Gasteiger partial charge in [0.2, 0.25) is 5.89 Å². The molecule has 0 spiro atoms. The van der Waals surface area contributed by atoms with E-state index in [1.54, 1.807) is 6.92 Å². The van der Waals surface area contributed by atoms with Crippen molar-refractivity contribution < 1.29 is 14.1 Å². The van der Waals surface area contributed by atoms with E-state index < -0.39 is 5.97 Å². The van der Waals surface area contributed by atoms with Crippen LogP contribution in [0.15, 0.2) is 4.52 Å². The number of methoxy groups -OCH3 is 1. The highest BCUT2D eigenvalue weighted by Gasteiger charge is 2.17. The molecule has 1 N–H and O–H groups in total. The van der Waals surface area contributed by atoms with Gasteiger partial charge in [-0.2, -0.15) is 4.98 Å². The van der Waals surface area contributed by atoms with Gasteiger partial charge in [-0.15, -0.1) is 0 Å². The first-order valence-corrected chi connectivity index (χ1v) is 6.07. The lowest BCUT2D eigenvalue weighted by Gasteiger charge is -1.95. The maximum atomic E-state index is 11.3. The molecule has 0 aromatic carbocycles. The fourth-order valence-electron chi connectivity index (χ4n) is 1.16. The Morgan fingerprint density at radius 2 is 2.33 bits per heavy atom. The Balaban J connectivity index is 2.04. The summed E-state index contributed by atoms with van der Waals surface area (Å²) < 4.78 is 9.50. The molecule has 96 valence electrons. The van der Waals surface area contributed by atoms with Crippen molar-refractivity contribution in [2.24, 2.45) is 0 Å². The van der Waals surface area contributed by atoms with Crippen LogP contribution in [0.25, 0.3) is 0 Å². The monoisotopic (exact) mass is 288 g/mol. The lowest BCUT2D eigenvalue weighted by Crippen LogP contribution is -1.99. The molecule has 2 aromatic rings. The molecule has 0 aliphatic rings. The number of thiazole rings is 1. The number of aromatic nitrogens is 3. The van der Waals surface area contributed by atoms with Gasteiger partial charge in [0, 0.05) is 0 Å². The summed E-state index contributed by atoms with van der Waals surface area (Å²) in [4.78, 5) is 19.6. The van der Waals surface area contributed by atoms with Crippen LogP contribution in [0.3, 0.4) is 0 Å². The molecule has 2 heterocycles. The van der Waals surface area contributed by atoms with Crippen LogP contribution in [-0.4, -0.2) is 28.2 Å². The van der Waals surface area contributed by atoms with Crippen LogP contribution in [0.1, 0.15) is 21.4 Å².